The Balaban J connectivity index is 2.97. The Labute approximate surface area is 70.2 Å². The monoisotopic (exact) mass is 162 g/mol. The maximum Gasteiger partial charge on any atom is 0.126 e. The number of phenolic OH excluding ortho intramolecular Hbond substituents is 1. The molecule has 3 heteroatoms. The van der Waals surface area contributed by atoms with Crippen LogP contribution < -0.4 is 0 Å². The van der Waals surface area contributed by atoms with E-state index in [0.717, 1.165) is 16.6 Å². The van der Waals surface area contributed by atoms with Gasteiger partial charge in [0.2, 0.25) is 0 Å². The largest absolute Gasteiger partial charge is 0.507 e. The van der Waals surface area contributed by atoms with Crippen molar-refractivity contribution in [3.63, 3.8) is 0 Å². The van der Waals surface area contributed by atoms with Crippen LogP contribution in [-0.2, 0) is 7.05 Å². The summed E-state index contributed by atoms with van der Waals surface area (Å²) in [6.07, 6.45) is 0. The maximum atomic E-state index is 9.51. The lowest BCUT2D eigenvalue weighted by Gasteiger charge is -1.94. The molecule has 0 aliphatic rings. The Morgan fingerprint density at radius 1 is 1.42 bits per heavy atom. The first-order chi connectivity index (χ1) is 5.70. The number of phenols is 1. The molecular formula is C9H10N2O. The SMILES string of the molecule is Cc1c2c(O)cccc2nn1C. The number of aromatic hydroxyl groups is 1. The minimum Gasteiger partial charge on any atom is -0.507 e. The van der Waals surface area contributed by atoms with Gasteiger partial charge in [0.05, 0.1) is 10.9 Å². The van der Waals surface area contributed by atoms with Gasteiger partial charge in [0.25, 0.3) is 0 Å². The molecule has 1 aromatic heterocycles. The van der Waals surface area contributed by atoms with Crippen LogP contribution in [0.2, 0.25) is 0 Å². The lowest BCUT2D eigenvalue weighted by Crippen LogP contribution is -1.91. The van der Waals surface area contributed by atoms with Crippen LogP contribution in [0.3, 0.4) is 0 Å². The lowest BCUT2D eigenvalue weighted by molar-refractivity contribution is 0.481. The highest BCUT2D eigenvalue weighted by Gasteiger charge is 2.07. The Morgan fingerprint density at radius 2 is 2.17 bits per heavy atom. The zero-order valence-corrected chi connectivity index (χ0v) is 7.07. The van der Waals surface area contributed by atoms with Crippen molar-refractivity contribution in [1.82, 2.24) is 9.78 Å². The molecule has 0 saturated heterocycles. The zero-order valence-electron chi connectivity index (χ0n) is 7.07. The van der Waals surface area contributed by atoms with Gasteiger partial charge in [-0.2, -0.15) is 5.10 Å². The normalized spacial score (nSPS) is 10.8. The number of hydrogen-bond donors (Lipinski definition) is 1. The summed E-state index contributed by atoms with van der Waals surface area (Å²) in [5, 5.41) is 14.6. The van der Waals surface area contributed by atoms with E-state index in [0.29, 0.717) is 5.75 Å². The summed E-state index contributed by atoms with van der Waals surface area (Å²) >= 11 is 0. The second kappa shape index (κ2) is 2.24. The van der Waals surface area contributed by atoms with Gasteiger partial charge in [-0.3, -0.25) is 4.68 Å². The van der Waals surface area contributed by atoms with Crippen LogP contribution in [0.4, 0.5) is 0 Å². The number of benzene rings is 1. The fourth-order valence-corrected chi connectivity index (χ4v) is 1.38. The number of rotatable bonds is 0. The minimum atomic E-state index is 0.304. The van der Waals surface area contributed by atoms with Crippen molar-refractivity contribution in [3.05, 3.63) is 23.9 Å². The highest BCUT2D eigenvalue weighted by atomic mass is 16.3. The van der Waals surface area contributed by atoms with Crippen molar-refractivity contribution in [1.29, 1.82) is 0 Å². The van der Waals surface area contributed by atoms with Gasteiger partial charge in [0.1, 0.15) is 5.75 Å². The topological polar surface area (TPSA) is 38.1 Å². The van der Waals surface area contributed by atoms with Crippen molar-refractivity contribution in [2.45, 2.75) is 6.92 Å². The first-order valence-electron chi connectivity index (χ1n) is 3.81. The molecule has 0 atom stereocenters. The Kier molecular flexibility index (Phi) is 1.33. The van der Waals surface area contributed by atoms with Crippen molar-refractivity contribution < 1.29 is 5.11 Å². The minimum absolute atomic E-state index is 0.304. The molecule has 0 saturated carbocycles. The van der Waals surface area contributed by atoms with Gasteiger partial charge in [-0.05, 0) is 19.1 Å². The lowest BCUT2D eigenvalue weighted by atomic mass is 10.2. The number of nitrogens with zero attached hydrogens (tertiary/aromatic N) is 2. The second-order valence-electron chi connectivity index (χ2n) is 2.88. The molecule has 2 aromatic rings. The summed E-state index contributed by atoms with van der Waals surface area (Å²) in [7, 11) is 1.87. The number of aryl methyl sites for hydroxylation is 2. The molecular weight excluding hydrogens is 152 g/mol. The molecule has 3 nitrogen and oxygen atoms in total. The first-order valence-corrected chi connectivity index (χ1v) is 3.81. The fourth-order valence-electron chi connectivity index (χ4n) is 1.38. The zero-order chi connectivity index (χ0) is 8.72. The molecule has 0 unspecified atom stereocenters. The molecule has 0 radical (unpaired) electrons. The molecule has 0 aliphatic carbocycles. The average molecular weight is 162 g/mol. The summed E-state index contributed by atoms with van der Waals surface area (Å²) in [6.45, 7) is 1.94. The molecule has 0 bridgehead atoms. The molecule has 0 amide bonds. The van der Waals surface area contributed by atoms with E-state index in [1.54, 1.807) is 16.8 Å². The molecule has 1 N–H and O–H groups in total. The molecule has 1 heterocycles. The second-order valence-corrected chi connectivity index (χ2v) is 2.88. The van der Waals surface area contributed by atoms with Gasteiger partial charge in [-0.15, -0.1) is 0 Å². The molecule has 1 aromatic carbocycles. The van der Waals surface area contributed by atoms with Crippen LogP contribution in [0.25, 0.3) is 10.9 Å². The highest BCUT2D eigenvalue weighted by Crippen LogP contribution is 2.26. The molecule has 0 spiro atoms. The predicted octanol–water partition coefficient (Wildman–Crippen LogP) is 1.59. The van der Waals surface area contributed by atoms with E-state index in [1.807, 2.05) is 20.0 Å². The first kappa shape index (κ1) is 7.16. The van der Waals surface area contributed by atoms with Crippen LogP contribution in [0.15, 0.2) is 18.2 Å². The van der Waals surface area contributed by atoms with Crippen molar-refractivity contribution >= 4 is 10.9 Å². The fraction of sp³-hybridized carbons (Fsp3) is 0.222. The maximum absolute atomic E-state index is 9.51. The smallest absolute Gasteiger partial charge is 0.126 e. The van der Waals surface area contributed by atoms with Gasteiger partial charge in [0.15, 0.2) is 0 Å². The number of aromatic nitrogens is 2. The van der Waals surface area contributed by atoms with Crippen LogP contribution in [0.5, 0.6) is 5.75 Å². The Morgan fingerprint density at radius 3 is 2.83 bits per heavy atom. The standard InChI is InChI=1S/C9H10N2O/c1-6-9-7(10-11(6)2)4-3-5-8(9)12/h3-5,12H,1-2H3. The third-order valence-corrected chi connectivity index (χ3v) is 2.13. The molecule has 2 rings (SSSR count). The highest BCUT2D eigenvalue weighted by molar-refractivity contribution is 5.87. The summed E-state index contributed by atoms with van der Waals surface area (Å²) in [5.74, 6) is 0.304. The molecule has 0 fully saturated rings. The van der Waals surface area contributed by atoms with Gasteiger partial charge in [-0.1, -0.05) is 6.07 Å². The molecule has 0 aliphatic heterocycles. The number of hydrogen-bond acceptors (Lipinski definition) is 2. The quantitative estimate of drug-likeness (QED) is 0.638. The molecule has 12 heavy (non-hydrogen) atoms. The van der Waals surface area contributed by atoms with Gasteiger partial charge >= 0.3 is 0 Å². The van der Waals surface area contributed by atoms with Gasteiger partial charge < -0.3 is 5.11 Å². The van der Waals surface area contributed by atoms with Crippen LogP contribution in [0.1, 0.15) is 5.69 Å². The third kappa shape index (κ3) is 0.794. The van der Waals surface area contributed by atoms with E-state index >= 15 is 0 Å². The summed E-state index contributed by atoms with van der Waals surface area (Å²) in [4.78, 5) is 0. The summed E-state index contributed by atoms with van der Waals surface area (Å²) in [5.41, 5.74) is 1.83. The molecule has 62 valence electrons. The van der Waals surface area contributed by atoms with E-state index in [1.165, 1.54) is 0 Å². The number of fused-ring (bicyclic) bond motifs is 1. The Hall–Kier alpha value is -1.51. The van der Waals surface area contributed by atoms with E-state index in [-0.39, 0.29) is 0 Å². The third-order valence-electron chi connectivity index (χ3n) is 2.13. The van der Waals surface area contributed by atoms with E-state index in [4.69, 9.17) is 0 Å². The summed E-state index contributed by atoms with van der Waals surface area (Å²) < 4.78 is 1.77. The van der Waals surface area contributed by atoms with Crippen LogP contribution >= 0.6 is 0 Å². The Bertz CT molecular complexity index is 431. The van der Waals surface area contributed by atoms with Crippen molar-refractivity contribution in [2.75, 3.05) is 0 Å². The van der Waals surface area contributed by atoms with Crippen molar-refractivity contribution in [3.8, 4) is 5.75 Å². The van der Waals surface area contributed by atoms with Gasteiger partial charge in [-0.25, -0.2) is 0 Å². The van der Waals surface area contributed by atoms with E-state index in [2.05, 4.69) is 5.10 Å². The van der Waals surface area contributed by atoms with E-state index in [9.17, 15) is 5.11 Å². The average Bonchev–Trinajstić information content (AvgIpc) is 2.29. The van der Waals surface area contributed by atoms with Gasteiger partial charge in [0, 0.05) is 12.7 Å². The van der Waals surface area contributed by atoms with Crippen molar-refractivity contribution in [2.24, 2.45) is 7.05 Å². The van der Waals surface area contributed by atoms with Crippen LogP contribution in [-0.4, -0.2) is 14.9 Å². The van der Waals surface area contributed by atoms with E-state index < -0.39 is 0 Å². The predicted molar refractivity (Wildman–Crippen MR) is 47.1 cm³/mol. The van der Waals surface area contributed by atoms with Crippen LogP contribution in [0, 0.1) is 6.92 Å². The summed E-state index contributed by atoms with van der Waals surface area (Å²) in [6, 6.07) is 5.36.